The number of hydrogen-bond donors (Lipinski definition) is 1. The van der Waals surface area contributed by atoms with Crippen LogP contribution in [0.25, 0.3) is 0 Å². The van der Waals surface area contributed by atoms with Gasteiger partial charge in [-0.1, -0.05) is 12.1 Å². The van der Waals surface area contributed by atoms with Gasteiger partial charge in [-0.25, -0.2) is 0 Å². The zero-order chi connectivity index (χ0) is 13.0. The number of amides is 1. The Morgan fingerprint density at radius 3 is 2.94 bits per heavy atom. The summed E-state index contributed by atoms with van der Waals surface area (Å²) in [4.78, 5) is 15.4. The summed E-state index contributed by atoms with van der Waals surface area (Å²) in [5.41, 5.74) is 0.755. The number of benzene rings is 1. The minimum absolute atomic E-state index is 0.0128. The normalized spacial score (nSPS) is 19.9. The van der Waals surface area contributed by atoms with Crippen molar-refractivity contribution in [2.24, 2.45) is 0 Å². The summed E-state index contributed by atoms with van der Waals surface area (Å²) in [6.07, 6.45) is 5.01. The predicted molar refractivity (Wildman–Crippen MR) is 74.0 cm³/mol. The molecule has 1 aromatic carbocycles. The molecule has 0 saturated carbocycles. The van der Waals surface area contributed by atoms with Crippen LogP contribution in [-0.2, 0) is 0 Å². The van der Waals surface area contributed by atoms with Gasteiger partial charge in [0, 0.05) is 11.4 Å². The molecular weight excluding hydrogens is 246 g/mol. The van der Waals surface area contributed by atoms with Crippen molar-refractivity contribution in [3.8, 4) is 0 Å². The van der Waals surface area contributed by atoms with Crippen molar-refractivity contribution in [3.05, 3.63) is 29.8 Å². The fourth-order valence-corrected chi connectivity index (χ4v) is 3.02. The van der Waals surface area contributed by atoms with Crippen molar-refractivity contribution in [2.45, 2.75) is 30.2 Å². The van der Waals surface area contributed by atoms with E-state index in [1.807, 2.05) is 35.4 Å². The monoisotopic (exact) mass is 265 g/mol. The van der Waals surface area contributed by atoms with Gasteiger partial charge in [0.1, 0.15) is 0 Å². The molecule has 1 atom stereocenters. The third-order valence-electron chi connectivity index (χ3n) is 3.44. The lowest BCUT2D eigenvalue weighted by Gasteiger charge is -2.35. The van der Waals surface area contributed by atoms with Crippen molar-refractivity contribution < 1.29 is 9.90 Å². The number of aliphatic hydroxyl groups excluding tert-OH is 1. The summed E-state index contributed by atoms with van der Waals surface area (Å²) >= 11 is 1.59. The van der Waals surface area contributed by atoms with Crippen LogP contribution >= 0.6 is 11.8 Å². The van der Waals surface area contributed by atoms with Crippen LogP contribution in [0.4, 0.5) is 0 Å². The van der Waals surface area contributed by atoms with Crippen molar-refractivity contribution >= 4 is 17.7 Å². The molecule has 0 aliphatic carbocycles. The SMILES string of the molecule is CSc1ccccc1C(=O)N1CCCCC1CO. The Hall–Kier alpha value is -1.00. The van der Waals surface area contributed by atoms with Gasteiger partial charge in [-0.2, -0.15) is 0 Å². The number of likely N-dealkylation sites (tertiary alicyclic amines) is 1. The Balaban J connectivity index is 2.24. The standard InChI is InChI=1S/C14H19NO2S/c1-18-13-8-3-2-7-12(13)14(17)15-9-5-4-6-11(15)10-16/h2-3,7-8,11,16H,4-6,9-10H2,1H3. The van der Waals surface area contributed by atoms with Gasteiger partial charge in [0.25, 0.3) is 5.91 Å². The van der Waals surface area contributed by atoms with Crippen LogP contribution in [0.1, 0.15) is 29.6 Å². The largest absolute Gasteiger partial charge is 0.394 e. The van der Waals surface area contributed by atoms with Gasteiger partial charge in [0.2, 0.25) is 0 Å². The molecule has 3 nitrogen and oxygen atoms in total. The van der Waals surface area contributed by atoms with Gasteiger partial charge in [0.05, 0.1) is 18.2 Å². The lowest BCUT2D eigenvalue weighted by atomic mass is 10.0. The molecule has 1 fully saturated rings. The van der Waals surface area contributed by atoms with Gasteiger partial charge in [-0.3, -0.25) is 4.79 Å². The van der Waals surface area contributed by atoms with Gasteiger partial charge in [0.15, 0.2) is 0 Å². The van der Waals surface area contributed by atoms with E-state index < -0.39 is 0 Å². The van der Waals surface area contributed by atoms with Gasteiger partial charge >= 0.3 is 0 Å². The number of piperidine rings is 1. The summed E-state index contributed by atoms with van der Waals surface area (Å²) in [6.45, 7) is 0.819. The molecule has 1 aromatic rings. The fraction of sp³-hybridized carbons (Fsp3) is 0.500. The highest BCUT2D eigenvalue weighted by Crippen LogP contribution is 2.25. The summed E-state index contributed by atoms with van der Waals surface area (Å²) in [5.74, 6) is 0.0544. The molecule has 0 radical (unpaired) electrons. The number of carbonyl (C=O) groups is 1. The van der Waals surface area contributed by atoms with Crippen molar-refractivity contribution in [1.82, 2.24) is 4.90 Å². The number of thioether (sulfide) groups is 1. The molecule has 98 valence electrons. The molecule has 4 heteroatoms. The molecule has 0 spiro atoms. The topological polar surface area (TPSA) is 40.5 Å². The average molecular weight is 265 g/mol. The Morgan fingerprint density at radius 2 is 2.22 bits per heavy atom. The first kappa shape index (κ1) is 13.4. The van der Waals surface area contributed by atoms with Crippen LogP contribution in [-0.4, -0.2) is 41.4 Å². The van der Waals surface area contributed by atoms with Gasteiger partial charge in [-0.15, -0.1) is 11.8 Å². The molecule has 1 aliphatic rings. The van der Waals surface area contributed by atoms with Crippen molar-refractivity contribution in [2.75, 3.05) is 19.4 Å². The summed E-state index contributed by atoms with van der Waals surface area (Å²) in [6, 6.07) is 7.67. The highest BCUT2D eigenvalue weighted by Gasteiger charge is 2.27. The Labute approximate surface area is 112 Å². The molecule has 2 rings (SSSR count). The quantitative estimate of drug-likeness (QED) is 0.853. The predicted octanol–water partition coefficient (Wildman–Crippen LogP) is 2.40. The summed E-state index contributed by atoms with van der Waals surface area (Å²) in [7, 11) is 0. The van der Waals surface area contributed by atoms with E-state index in [1.54, 1.807) is 11.8 Å². The maximum atomic E-state index is 12.6. The molecule has 1 aliphatic heterocycles. The second kappa shape index (κ2) is 6.25. The molecule has 0 aromatic heterocycles. The number of hydrogen-bond acceptors (Lipinski definition) is 3. The highest BCUT2D eigenvalue weighted by atomic mass is 32.2. The second-order valence-corrected chi connectivity index (χ2v) is 5.38. The van der Waals surface area contributed by atoms with E-state index in [9.17, 15) is 9.90 Å². The second-order valence-electron chi connectivity index (χ2n) is 4.53. The highest BCUT2D eigenvalue weighted by molar-refractivity contribution is 7.98. The molecule has 1 heterocycles. The average Bonchev–Trinajstić information content (AvgIpc) is 2.46. The van der Waals surface area contributed by atoms with Crippen LogP contribution in [0.15, 0.2) is 29.2 Å². The van der Waals surface area contributed by atoms with E-state index in [0.717, 1.165) is 36.3 Å². The smallest absolute Gasteiger partial charge is 0.255 e. The molecular formula is C14H19NO2S. The Morgan fingerprint density at radius 1 is 1.44 bits per heavy atom. The van der Waals surface area contributed by atoms with Gasteiger partial charge in [-0.05, 0) is 37.7 Å². The minimum Gasteiger partial charge on any atom is -0.394 e. The van der Waals surface area contributed by atoms with Gasteiger partial charge < -0.3 is 10.0 Å². The summed E-state index contributed by atoms with van der Waals surface area (Å²) in [5, 5.41) is 9.38. The maximum Gasteiger partial charge on any atom is 0.255 e. The van der Waals surface area contributed by atoms with E-state index in [4.69, 9.17) is 0 Å². The lowest BCUT2D eigenvalue weighted by molar-refractivity contribution is 0.0499. The van der Waals surface area contributed by atoms with Crippen LogP contribution in [0.5, 0.6) is 0 Å². The molecule has 1 saturated heterocycles. The van der Waals surface area contributed by atoms with Crippen LogP contribution in [0.2, 0.25) is 0 Å². The zero-order valence-electron chi connectivity index (χ0n) is 10.6. The number of carbonyl (C=O) groups excluding carboxylic acids is 1. The van der Waals surface area contributed by atoms with E-state index in [0.29, 0.717) is 0 Å². The van der Waals surface area contributed by atoms with Crippen molar-refractivity contribution in [3.63, 3.8) is 0 Å². The Kier molecular flexibility index (Phi) is 4.66. The molecule has 1 unspecified atom stereocenters. The Bertz CT molecular complexity index is 422. The zero-order valence-corrected chi connectivity index (χ0v) is 11.4. The number of rotatable bonds is 3. The van der Waals surface area contributed by atoms with E-state index in [-0.39, 0.29) is 18.6 Å². The van der Waals surface area contributed by atoms with Crippen LogP contribution < -0.4 is 0 Å². The van der Waals surface area contributed by atoms with E-state index in [2.05, 4.69) is 0 Å². The molecule has 18 heavy (non-hydrogen) atoms. The summed E-state index contributed by atoms with van der Waals surface area (Å²) < 4.78 is 0. The van der Waals surface area contributed by atoms with E-state index in [1.165, 1.54) is 0 Å². The van der Waals surface area contributed by atoms with E-state index >= 15 is 0 Å². The first-order valence-electron chi connectivity index (χ1n) is 6.32. The minimum atomic E-state index is -0.0128. The third kappa shape index (κ3) is 2.70. The van der Waals surface area contributed by atoms with Crippen molar-refractivity contribution in [1.29, 1.82) is 0 Å². The third-order valence-corrected chi connectivity index (χ3v) is 4.23. The maximum absolute atomic E-state index is 12.6. The van der Waals surface area contributed by atoms with Crippen LogP contribution in [0.3, 0.4) is 0 Å². The molecule has 1 amide bonds. The first-order chi connectivity index (χ1) is 8.77. The molecule has 0 bridgehead atoms. The lowest BCUT2D eigenvalue weighted by Crippen LogP contribution is -2.45. The fourth-order valence-electron chi connectivity index (χ4n) is 2.43. The van der Waals surface area contributed by atoms with Crippen LogP contribution in [0, 0.1) is 0 Å². The number of nitrogens with zero attached hydrogens (tertiary/aromatic N) is 1. The number of aliphatic hydroxyl groups is 1. The molecule has 1 N–H and O–H groups in total. The first-order valence-corrected chi connectivity index (χ1v) is 7.55.